The number of allylic oxidation sites excluding steroid dienone is 3. The molecule has 0 fully saturated rings. The average molecular weight is 434 g/mol. The van der Waals surface area contributed by atoms with Crippen molar-refractivity contribution in [2.24, 2.45) is 0 Å². The second-order valence-corrected chi connectivity index (χ2v) is 8.08. The Labute approximate surface area is 187 Å². The Kier molecular flexibility index (Phi) is 6.04. The van der Waals surface area contributed by atoms with Crippen molar-refractivity contribution in [1.82, 2.24) is 5.32 Å². The summed E-state index contributed by atoms with van der Waals surface area (Å²) in [5.41, 5.74) is 4.28. The van der Waals surface area contributed by atoms with Crippen molar-refractivity contribution in [2.75, 3.05) is 13.7 Å². The maximum Gasteiger partial charge on any atom is 0.336 e. The number of dihydropyridines is 1. The van der Waals surface area contributed by atoms with Crippen LogP contribution >= 0.6 is 0 Å². The van der Waals surface area contributed by atoms with Crippen LogP contribution in [0, 0.1) is 0 Å². The summed E-state index contributed by atoms with van der Waals surface area (Å²) >= 11 is 0. The zero-order chi connectivity index (χ0) is 22.8. The average Bonchev–Trinajstić information content (AvgIpc) is 2.79. The molecule has 166 valence electrons. The molecule has 1 aliphatic carbocycles. The van der Waals surface area contributed by atoms with Gasteiger partial charge < -0.3 is 19.9 Å². The van der Waals surface area contributed by atoms with Gasteiger partial charge in [-0.15, -0.1) is 0 Å². The van der Waals surface area contributed by atoms with E-state index in [1.807, 2.05) is 44.2 Å². The van der Waals surface area contributed by atoms with Crippen molar-refractivity contribution in [1.29, 1.82) is 0 Å². The largest absolute Gasteiger partial charge is 0.504 e. The first kappa shape index (κ1) is 21.7. The topological polar surface area (TPSA) is 84.9 Å². The molecule has 4 rings (SSSR count). The van der Waals surface area contributed by atoms with Crippen LogP contribution in [0.2, 0.25) is 0 Å². The maximum absolute atomic E-state index is 13.5. The molecule has 2 aromatic carbocycles. The van der Waals surface area contributed by atoms with Gasteiger partial charge in [0.25, 0.3) is 0 Å². The van der Waals surface area contributed by atoms with E-state index in [-0.39, 0.29) is 17.5 Å². The number of nitrogens with one attached hydrogen (secondary N) is 1. The Morgan fingerprint density at radius 3 is 2.56 bits per heavy atom. The number of Topliss-reactive ketones (excluding diaryl/α,β-unsaturated/α-hetero) is 1. The summed E-state index contributed by atoms with van der Waals surface area (Å²) in [5.74, 6) is -0.686. The molecule has 2 atom stereocenters. The molecule has 0 spiro atoms. The Hall–Kier alpha value is -3.54. The van der Waals surface area contributed by atoms with Crippen LogP contribution in [0.1, 0.15) is 49.7 Å². The number of hydrogen-bond donors (Lipinski definition) is 2. The Balaban J connectivity index is 1.83. The minimum Gasteiger partial charge on any atom is -0.504 e. The third kappa shape index (κ3) is 3.88. The van der Waals surface area contributed by atoms with Crippen molar-refractivity contribution >= 4 is 11.8 Å². The predicted octanol–water partition coefficient (Wildman–Crippen LogP) is 4.33. The van der Waals surface area contributed by atoms with Crippen molar-refractivity contribution < 1.29 is 24.2 Å². The van der Waals surface area contributed by atoms with Gasteiger partial charge in [0.15, 0.2) is 17.3 Å². The zero-order valence-corrected chi connectivity index (χ0v) is 18.5. The number of phenolic OH excluding ortho intramolecular Hbond substituents is 1. The van der Waals surface area contributed by atoms with Crippen LogP contribution in [-0.4, -0.2) is 30.6 Å². The molecular formula is C26H27NO5. The molecule has 0 radical (unpaired) electrons. The van der Waals surface area contributed by atoms with E-state index in [4.69, 9.17) is 9.47 Å². The number of ether oxygens (including phenoxy) is 2. The molecule has 0 amide bonds. The van der Waals surface area contributed by atoms with E-state index in [9.17, 15) is 14.7 Å². The predicted molar refractivity (Wildman–Crippen MR) is 120 cm³/mol. The number of carbonyl (C=O) groups is 2. The van der Waals surface area contributed by atoms with E-state index in [1.165, 1.54) is 13.2 Å². The second kappa shape index (κ2) is 8.91. The van der Waals surface area contributed by atoms with Gasteiger partial charge >= 0.3 is 5.97 Å². The fourth-order valence-corrected chi connectivity index (χ4v) is 4.70. The van der Waals surface area contributed by atoms with Gasteiger partial charge in [-0.3, -0.25) is 4.79 Å². The number of methoxy groups -OCH3 is 1. The maximum atomic E-state index is 13.5. The van der Waals surface area contributed by atoms with Crippen molar-refractivity contribution in [3.63, 3.8) is 0 Å². The number of esters is 1. The normalized spacial score (nSPS) is 20.5. The van der Waals surface area contributed by atoms with Crippen LogP contribution < -0.4 is 10.1 Å². The molecule has 0 saturated heterocycles. The highest BCUT2D eigenvalue weighted by Gasteiger charge is 2.41. The lowest BCUT2D eigenvalue weighted by Crippen LogP contribution is -2.36. The lowest BCUT2D eigenvalue weighted by Gasteiger charge is -2.36. The van der Waals surface area contributed by atoms with Crippen LogP contribution in [-0.2, 0) is 14.3 Å². The highest BCUT2D eigenvalue weighted by molar-refractivity contribution is 6.04. The lowest BCUT2D eigenvalue weighted by molar-refractivity contribution is -0.136. The van der Waals surface area contributed by atoms with E-state index >= 15 is 0 Å². The molecule has 2 aliphatic rings. The van der Waals surface area contributed by atoms with Gasteiger partial charge in [0, 0.05) is 29.3 Å². The molecule has 6 nitrogen and oxygen atoms in total. The number of rotatable bonds is 5. The molecule has 32 heavy (non-hydrogen) atoms. The molecule has 2 aromatic rings. The SMILES string of the molecule is CCOc1cc([C@@H]2C(C(=O)OC)=C(C)NC3=C2C(=O)C[C@@H](c2ccccc2)C3)ccc1O. The number of carbonyl (C=O) groups excluding carboxylic acids is 2. The van der Waals surface area contributed by atoms with E-state index in [0.29, 0.717) is 47.6 Å². The third-order valence-electron chi connectivity index (χ3n) is 6.12. The smallest absolute Gasteiger partial charge is 0.336 e. The molecule has 1 aliphatic heterocycles. The van der Waals surface area contributed by atoms with Gasteiger partial charge in [-0.05, 0) is 49.4 Å². The van der Waals surface area contributed by atoms with Crippen LogP contribution in [0.4, 0.5) is 0 Å². The van der Waals surface area contributed by atoms with E-state index < -0.39 is 11.9 Å². The molecule has 0 bridgehead atoms. The standard InChI is InChI=1S/C26H27NO5/c1-4-32-22-14-17(10-11-20(22)28)24-23(26(30)31-3)15(2)27-19-12-18(13-21(29)25(19)24)16-8-6-5-7-9-16/h5-11,14,18,24,27-28H,4,12-13H2,1-3H3/t18-,24+/m0/s1. The van der Waals surface area contributed by atoms with Gasteiger partial charge in [-0.25, -0.2) is 4.79 Å². The summed E-state index contributed by atoms with van der Waals surface area (Å²) in [5, 5.41) is 13.5. The molecule has 0 unspecified atom stereocenters. The number of hydrogen-bond acceptors (Lipinski definition) is 6. The van der Waals surface area contributed by atoms with Gasteiger partial charge in [0.2, 0.25) is 0 Å². The summed E-state index contributed by atoms with van der Waals surface area (Å²) in [6.07, 6.45) is 1.04. The first-order valence-corrected chi connectivity index (χ1v) is 10.8. The lowest BCUT2D eigenvalue weighted by atomic mass is 9.71. The summed E-state index contributed by atoms with van der Waals surface area (Å²) in [6.45, 7) is 4.03. The van der Waals surface area contributed by atoms with E-state index in [1.54, 1.807) is 12.1 Å². The summed E-state index contributed by atoms with van der Waals surface area (Å²) in [4.78, 5) is 26.3. The second-order valence-electron chi connectivity index (χ2n) is 8.08. The minimum atomic E-state index is -0.595. The highest BCUT2D eigenvalue weighted by atomic mass is 16.5. The number of benzene rings is 2. The fraction of sp³-hybridized carbons (Fsp3) is 0.308. The summed E-state index contributed by atoms with van der Waals surface area (Å²) in [7, 11) is 1.33. The molecular weight excluding hydrogens is 406 g/mol. The van der Waals surface area contributed by atoms with E-state index in [0.717, 1.165) is 11.3 Å². The van der Waals surface area contributed by atoms with Crippen molar-refractivity contribution in [3.8, 4) is 11.5 Å². The monoisotopic (exact) mass is 433 g/mol. The first-order chi connectivity index (χ1) is 15.4. The van der Waals surface area contributed by atoms with Crippen LogP contribution in [0.25, 0.3) is 0 Å². The number of phenols is 1. The number of aromatic hydroxyl groups is 1. The molecule has 1 heterocycles. The quantitative estimate of drug-likeness (QED) is 0.683. The zero-order valence-electron chi connectivity index (χ0n) is 18.5. The molecule has 6 heteroatoms. The van der Waals surface area contributed by atoms with Gasteiger partial charge in [-0.2, -0.15) is 0 Å². The van der Waals surface area contributed by atoms with Gasteiger partial charge in [0.1, 0.15) is 0 Å². The number of ketones is 1. The Morgan fingerprint density at radius 2 is 1.88 bits per heavy atom. The van der Waals surface area contributed by atoms with Crippen molar-refractivity contribution in [3.05, 3.63) is 82.2 Å². The van der Waals surface area contributed by atoms with Crippen molar-refractivity contribution in [2.45, 2.75) is 38.5 Å². The molecule has 0 saturated carbocycles. The van der Waals surface area contributed by atoms with Gasteiger partial charge in [-0.1, -0.05) is 36.4 Å². The Bertz CT molecular complexity index is 1120. The minimum absolute atomic E-state index is 0.00228. The fourth-order valence-electron chi connectivity index (χ4n) is 4.70. The first-order valence-electron chi connectivity index (χ1n) is 10.8. The van der Waals surface area contributed by atoms with Crippen LogP contribution in [0.3, 0.4) is 0 Å². The highest BCUT2D eigenvalue weighted by Crippen LogP contribution is 2.46. The molecule has 2 N–H and O–H groups in total. The van der Waals surface area contributed by atoms with Gasteiger partial charge in [0.05, 0.1) is 19.3 Å². The van der Waals surface area contributed by atoms with E-state index in [2.05, 4.69) is 5.32 Å². The Morgan fingerprint density at radius 1 is 1.12 bits per heavy atom. The van der Waals surface area contributed by atoms with Crippen LogP contribution in [0.5, 0.6) is 11.5 Å². The summed E-state index contributed by atoms with van der Waals surface area (Å²) < 4.78 is 10.6. The molecule has 0 aromatic heterocycles. The third-order valence-corrected chi connectivity index (χ3v) is 6.12. The summed E-state index contributed by atoms with van der Waals surface area (Å²) in [6, 6.07) is 15.0. The van der Waals surface area contributed by atoms with Crippen LogP contribution in [0.15, 0.2) is 71.1 Å².